The van der Waals surface area contributed by atoms with Crippen molar-refractivity contribution >= 4 is 11.8 Å². The van der Waals surface area contributed by atoms with Crippen LogP contribution >= 0.6 is 0 Å². The monoisotopic (exact) mass is 328 g/mol. The number of imidazole rings is 1. The molecular weight excluding hydrogens is 304 g/mol. The van der Waals surface area contributed by atoms with E-state index in [4.69, 9.17) is 0 Å². The average molecular weight is 328 g/mol. The molecule has 6 heteroatoms. The van der Waals surface area contributed by atoms with E-state index in [1.54, 1.807) is 6.20 Å². The Labute approximate surface area is 142 Å². The molecule has 1 saturated heterocycles. The zero-order chi connectivity index (χ0) is 16.5. The number of amides is 2. The second kappa shape index (κ2) is 6.42. The van der Waals surface area contributed by atoms with E-state index in [9.17, 15) is 9.59 Å². The Bertz CT molecular complexity index is 658. The quantitative estimate of drug-likeness (QED) is 0.789. The summed E-state index contributed by atoms with van der Waals surface area (Å²) in [4.78, 5) is 33.2. The highest BCUT2D eigenvalue weighted by molar-refractivity contribution is 5.80. The predicted molar refractivity (Wildman–Crippen MR) is 88.8 cm³/mol. The zero-order valence-corrected chi connectivity index (χ0v) is 13.9. The first-order chi connectivity index (χ1) is 11.7. The lowest BCUT2D eigenvalue weighted by Gasteiger charge is -2.29. The topological polar surface area (TPSA) is 58.4 Å². The van der Waals surface area contributed by atoms with Gasteiger partial charge in [-0.25, -0.2) is 4.98 Å². The van der Waals surface area contributed by atoms with Gasteiger partial charge in [-0.1, -0.05) is 12.2 Å². The Morgan fingerprint density at radius 1 is 1.25 bits per heavy atom. The maximum Gasteiger partial charge on any atom is 0.226 e. The summed E-state index contributed by atoms with van der Waals surface area (Å²) in [5, 5.41) is 0. The van der Waals surface area contributed by atoms with E-state index in [1.807, 2.05) is 16.0 Å². The number of nitrogens with zero attached hydrogens (tertiary/aromatic N) is 4. The number of hydrogen-bond acceptors (Lipinski definition) is 3. The van der Waals surface area contributed by atoms with Gasteiger partial charge >= 0.3 is 0 Å². The number of carbonyl (C=O) groups is 2. The molecule has 1 aromatic rings. The fourth-order valence-corrected chi connectivity index (χ4v) is 4.11. The molecule has 6 nitrogen and oxygen atoms in total. The first-order valence-corrected chi connectivity index (χ1v) is 8.92. The molecule has 1 aromatic heterocycles. The van der Waals surface area contributed by atoms with Crippen molar-refractivity contribution < 1.29 is 9.59 Å². The molecule has 3 aliphatic rings. The molecule has 0 radical (unpaired) electrons. The van der Waals surface area contributed by atoms with E-state index in [1.165, 1.54) is 0 Å². The molecule has 2 amide bonds. The fraction of sp³-hybridized carbons (Fsp3) is 0.611. The Kier molecular flexibility index (Phi) is 4.12. The van der Waals surface area contributed by atoms with Crippen molar-refractivity contribution in [3.05, 3.63) is 30.4 Å². The number of carbonyl (C=O) groups excluding carboxylic acids is 2. The van der Waals surface area contributed by atoms with Crippen LogP contribution in [0.1, 0.15) is 31.5 Å². The third-order valence-corrected chi connectivity index (χ3v) is 5.39. The third-order valence-electron chi connectivity index (χ3n) is 5.39. The van der Waals surface area contributed by atoms with E-state index in [0.29, 0.717) is 19.5 Å². The summed E-state index contributed by atoms with van der Waals surface area (Å²) in [5.74, 6) is 1.78. The van der Waals surface area contributed by atoms with Crippen LogP contribution in [0.25, 0.3) is 0 Å². The molecule has 0 saturated carbocycles. The van der Waals surface area contributed by atoms with Crippen molar-refractivity contribution in [1.82, 2.24) is 19.4 Å². The van der Waals surface area contributed by atoms with Gasteiger partial charge in [0.25, 0.3) is 0 Å². The molecule has 1 atom stereocenters. The lowest BCUT2D eigenvalue weighted by atomic mass is 10.0. The Morgan fingerprint density at radius 2 is 2.08 bits per heavy atom. The average Bonchev–Trinajstić information content (AvgIpc) is 3.29. The number of rotatable bonds is 3. The van der Waals surface area contributed by atoms with Gasteiger partial charge in [0.2, 0.25) is 11.8 Å². The largest absolute Gasteiger partial charge is 0.342 e. The van der Waals surface area contributed by atoms with Gasteiger partial charge in [0.1, 0.15) is 5.82 Å². The van der Waals surface area contributed by atoms with E-state index >= 15 is 0 Å². The fourth-order valence-electron chi connectivity index (χ4n) is 4.11. The van der Waals surface area contributed by atoms with E-state index in [0.717, 1.165) is 44.7 Å². The second-order valence-electron chi connectivity index (χ2n) is 7.16. The summed E-state index contributed by atoms with van der Waals surface area (Å²) >= 11 is 0. The minimum absolute atomic E-state index is 0.0839. The van der Waals surface area contributed by atoms with Crippen molar-refractivity contribution in [1.29, 1.82) is 0 Å². The zero-order valence-electron chi connectivity index (χ0n) is 13.9. The van der Waals surface area contributed by atoms with Gasteiger partial charge in [-0.2, -0.15) is 0 Å². The number of hydrogen-bond donors (Lipinski definition) is 0. The van der Waals surface area contributed by atoms with Gasteiger partial charge in [0.15, 0.2) is 0 Å². The highest BCUT2D eigenvalue weighted by Gasteiger charge is 2.32. The minimum Gasteiger partial charge on any atom is -0.342 e. The van der Waals surface area contributed by atoms with E-state index in [2.05, 4.69) is 21.7 Å². The van der Waals surface area contributed by atoms with Crippen LogP contribution in [-0.4, -0.2) is 50.8 Å². The molecule has 0 N–H and O–H groups in total. The van der Waals surface area contributed by atoms with Crippen molar-refractivity contribution in [3.63, 3.8) is 0 Å². The molecule has 128 valence electrons. The summed E-state index contributed by atoms with van der Waals surface area (Å²) in [5.41, 5.74) is 0. The molecule has 0 spiro atoms. The summed E-state index contributed by atoms with van der Waals surface area (Å²) in [6.45, 7) is 3.71. The molecular formula is C18H24N4O2. The number of allylic oxidation sites excluding steroid dienone is 2. The predicted octanol–water partition coefficient (Wildman–Crippen LogP) is 1.43. The van der Waals surface area contributed by atoms with Crippen molar-refractivity contribution in [2.24, 2.45) is 11.8 Å². The minimum atomic E-state index is 0.0839. The van der Waals surface area contributed by atoms with Gasteiger partial charge < -0.3 is 14.4 Å². The first kappa shape index (κ1) is 15.4. The van der Waals surface area contributed by atoms with Crippen molar-refractivity contribution in [2.45, 2.75) is 38.8 Å². The molecule has 2 aliphatic heterocycles. The van der Waals surface area contributed by atoms with Crippen LogP contribution in [0, 0.1) is 11.8 Å². The third kappa shape index (κ3) is 2.97. The lowest BCUT2D eigenvalue weighted by molar-refractivity contribution is -0.136. The van der Waals surface area contributed by atoms with E-state index in [-0.39, 0.29) is 23.7 Å². The SMILES string of the molecule is O=C1CCCN1C[C@H]1CN(C(=O)C2CC=CC2)Cc2nccn2C1. The summed E-state index contributed by atoms with van der Waals surface area (Å²) in [7, 11) is 0. The van der Waals surface area contributed by atoms with Gasteiger partial charge in [-0.3, -0.25) is 9.59 Å². The molecule has 24 heavy (non-hydrogen) atoms. The highest BCUT2D eigenvalue weighted by atomic mass is 16.2. The molecule has 1 fully saturated rings. The summed E-state index contributed by atoms with van der Waals surface area (Å²) < 4.78 is 2.14. The van der Waals surface area contributed by atoms with Crippen LogP contribution in [0.15, 0.2) is 24.5 Å². The normalized spacial score (nSPS) is 24.5. The van der Waals surface area contributed by atoms with Crippen molar-refractivity contribution in [2.75, 3.05) is 19.6 Å². The molecule has 3 heterocycles. The van der Waals surface area contributed by atoms with Crippen LogP contribution in [0.5, 0.6) is 0 Å². The summed E-state index contributed by atoms with van der Waals surface area (Å²) in [6, 6.07) is 0. The smallest absolute Gasteiger partial charge is 0.226 e. The van der Waals surface area contributed by atoms with Crippen LogP contribution in [0.4, 0.5) is 0 Å². The molecule has 0 aromatic carbocycles. The molecule has 4 rings (SSSR count). The van der Waals surface area contributed by atoms with Crippen LogP contribution in [-0.2, 0) is 22.7 Å². The van der Waals surface area contributed by atoms with E-state index < -0.39 is 0 Å². The van der Waals surface area contributed by atoms with Gasteiger partial charge in [-0.05, 0) is 19.3 Å². The van der Waals surface area contributed by atoms with Crippen LogP contribution < -0.4 is 0 Å². The van der Waals surface area contributed by atoms with Gasteiger partial charge in [-0.15, -0.1) is 0 Å². The second-order valence-corrected chi connectivity index (χ2v) is 7.16. The maximum absolute atomic E-state index is 12.9. The Hall–Kier alpha value is -2.11. The Morgan fingerprint density at radius 3 is 2.83 bits per heavy atom. The first-order valence-electron chi connectivity index (χ1n) is 8.92. The van der Waals surface area contributed by atoms with Crippen LogP contribution in [0.2, 0.25) is 0 Å². The lowest BCUT2D eigenvalue weighted by Crippen LogP contribution is -2.41. The Balaban J connectivity index is 1.51. The number of likely N-dealkylation sites (tertiary alicyclic amines) is 1. The van der Waals surface area contributed by atoms with Crippen molar-refractivity contribution in [3.8, 4) is 0 Å². The van der Waals surface area contributed by atoms with Crippen LogP contribution in [0.3, 0.4) is 0 Å². The molecule has 0 unspecified atom stereocenters. The highest BCUT2D eigenvalue weighted by Crippen LogP contribution is 2.25. The maximum atomic E-state index is 12.9. The molecule has 1 aliphatic carbocycles. The van der Waals surface area contributed by atoms with Gasteiger partial charge in [0, 0.05) is 56.8 Å². The summed E-state index contributed by atoms with van der Waals surface area (Å²) in [6.07, 6.45) is 11.3. The molecule has 0 bridgehead atoms. The number of fused-ring (bicyclic) bond motifs is 1. The standard InChI is InChI=1S/C18H24N4O2/c23-17-6-3-8-21(17)11-14-10-20-9-7-19-16(20)13-22(12-14)18(24)15-4-1-2-5-15/h1-2,7,9,14-15H,3-6,8,10-13H2/t14-/m0/s1. The number of aromatic nitrogens is 2. The van der Waals surface area contributed by atoms with Gasteiger partial charge in [0.05, 0.1) is 6.54 Å².